The molecule has 0 unspecified atom stereocenters. The predicted molar refractivity (Wildman–Crippen MR) is 86.1 cm³/mol. The summed E-state index contributed by atoms with van der Waals surface area (Å²) >= 11 is 1.71. The molecular weight excluding hydrogens is 280 g/mol. The Balaban J connectivity index is 1.54. The van der Waals surface area contributed by atoms with Crippen LogP contribution >= 0.6 is 11.3 Å². The fraction of sp³-hybridized carbons (Fsp3) is 0.500. The maximum absolute atomic E-state index is 4.74. The Morgan fingerprint density at radius 3 is 2.67 bits per heavy atom. The van der Waals surface area contributed by atoms with Crippen molar-refractivity contribution in [2.45, 2.75) is 45.4 Å². The molecule has 112 valence electrons. The lowest BCUT2D eigenvalue weighted by molar-refractivity contribution is 0.311. The fourth-order valence-corrected chi connectivity index (χ4v) is 2.95. The van der Waals surface area contributed by atoms with Gasteiger partial charge >= 0.3 is 0 Å². The number of pyridine rings is 1. The molecule has 1 fully saturated rings. The molecule has 0 atom stereocenters. The Kier molecular flexibility index (Phi) is 4.63. The van der Waals surface area contributed by atoms with Gasteiger partial charge in [0.05, 0.1) is 22.1 Å². The Labute approximate surface area is 130 Å². The van der Waals surface area contributed by atoms with Crippen LogP contribution < -0.4 is 5.32 Å². The number of thiazole rings is 1. The predicted octanol–water partition coefficient (Wildman–Crippen LogP) is 2.73. The summed E-state index contributed by atoms with van der Waals surface area (Å²) in [5.41, 5.74) is 3.41. The third-order valence-electron chi connectivity index (χ3n) is 3.54. The quantitative estimate of drug-likeness (QED) is 0.854. The van der Waals surface area contributed by atoms with Gasteiger partial charge in [-0.2, -0.15) is 0 Å². The summed E-state index contributed by atoms with van der Waals surface area (Å²) in [4.78, 5) is 11.5. The Hall–Kier alpha value is -1.30. The van der Waals surface area contributed by atoms with Crippen molar-refractivity contribution in [1.29, 1.82) is 0 Å². The number of hydrogen-bond acceptors (Lipinski definition) is 5. The van der Waals surface area contributed by atoms with E-state index in [9.17, 15) is 0 Å². The van der Waals surface area contributed by atoms with Crippen molar-refractivity contribution in [3.63, 3.8) is 0 Å². The summed E-state index contributed by atoms with van der Waals surface area (Å²) in [6, 6.07) is 7.03. The molecule has 1 saturated carbocycles. The largest absolute Gasteiger partial charge is 0.308 e. The van der Waals surface area contributed by atoms with Gasteiger partial charge in [0, 0.05) is 31.1 Å². The molecule has 1 N–H and O–H groups in total. The van der Waals surface area contributed by atoms with E-state index in [2.05, 4.69) is 45.8 Å². The molecule has 2 aromatic heterocycles. The van der Waals surface area contributed by atoms with Crippen molar-refractivity contribution in [2.75, 3.05) is 7.05 Å². The molecule has 2 heterocycles. The highest BCUT2D eigenvalue weighted by Gasteiger charge is 2.20. The van der Waals surface area contributed by atoms with Crippen LogP contribution in [0.15, 0.2) is 23.6 Å². The molecule has 21 heavy (non-hydrogen) atoms. The SMILES string of the molecule is Cc1nc(CN(C)Cc2cccc(CNC3CC3)n2)cs1. The minimum atomic E-state index is 0.728. The summed E-state index contributed by atoms with van der Waals surface area (Å²) in [7, 11) is 2.12. The first-order valence-electron chi connectivity index (χ1n) is 7.47. The second-order valence-corrected chi connectivity index (χ2v) is 6.87. The zero-order valence-electron chi connectivity index (χ0n) is 12.7. The Morgan fingerprint density at radius 2 is 1.95 bits per heavy atom. The number of nitrogens with zero attached hydrogens (tertiary/aromatic N) is 3. The second-order valence-electron chi connectivity index (χ2n) is 5.81. The van der Waals surface area contributed by atoms with Crippen molar-refractivity contribution in [3.05, 3.63) is 45.7 Å². The monoisotopic (exact) mass is 302 g/mol. The number of aryl methyl sites for hydroxylation is 1. The highest BCUT2D eigenvalue weighted by molar-refractivity contribution is 7.09. The average molecular weight is 302 g/mol. The van der Waals surface area contributed by atoms with Crippen LogP contribution in [-0.4, -0.2) is 28.0 Å². The van der Waals surface area contributed by atoms with Crippen molar-refractivity contribution in [2.24, 2.45) is 0 Å². The number of nitrogens with one attached hydrogen (secondary N) is 1. The standard InChI is InChI=1S/C16H22N4S/c1-12-18-16(11-21-12)10-20(2)9-15-5-3-4-14(19-15)8-17-13-6-7-13/h3-5,11,13,17H,6-10H2,1-2H3. The van der Waals surface area contributed by atoms with Crippen LogP contribution in [-0.2, 0) is 19.6 Å². The summed E-state index contributed by atoms with van der Waals surface area (Å²) in [5.74, 6) is 0. The summed E-state index contributed by atoms with van der Waals surface area (Å²) in [6.45, 7) is 4.66. The van der Waals surface area contributed by atoms with E-state index in [1.165, 1.54) is 12.8 Å². The maximum atomic E-state index is 4.74. The maximum Gasteiger partial charge on any atom is 0.0897 e. The van der Waals surface area contributed by atoms with Gasteiger partial charge in [0.1, 0.15) is 0 Å². The molecule has 0 radical (unpaired) electrons. The molecule has 0 saturated heterocycles. The molecule has 0 aromatic carbocycles. The topological polar surface area (TPSA) is 41.1 Å². The van der Waals surface area contributed by atoms with Crippen LogP contribution in [0.5, 0.6) is 0 Å². The highest BCUT2D eigenvalue weighted by atomic mass is 32.1. The molecule has 3 rings (SSSR count). The second kappa shape index (κ2) is 6.64. The van der Waals surface area contributed by atoms with Crippen molar-refractivity contribution in [3.8, 4) is 0 Å². The summed E-state index contributed by atoms with van der Waals surface area (Å²) < 4.78 is 0. The van der Waals surface area contributed by atoms with Gasteiger partial charge in [0.15, 0.2) is 0 Å². The van der Waals surface area contributed by atoms with Gasteiger partial charge in [-0.15, -0.1) is 11.3 Å². The minimum absolute atomic E-state index is 0.728. The van der Waals surface area contributed by atoms with E-state index in [0.29, 0.717) is 0 Å². The third-order valence-corrected chi connectivity index (χ3v) is 4.37. The van der Waals surface area contributed by atoms with Crippen LogP contribution in [0.25, 0.3) is 0 Å². The minimum Gasteiger partial charge on any atom is -0.308 e. The third kappa shape index (κ3) is 4.59. The van der Waals surface area contributed by atoms with Gasteiger partial charge in [-0.25, -0.2) is 4.98 Å². The number of hydrogen-bond donors (Lipinski definition) is 1. The number of aromatic nitrogens is 2. The van der Waals surface area contributed by atoms with E-state index in [1.54, 1.807) is 11.3 Å². The van der Waals surface area contributed by atoms with Crippen molar-refractivity contribution in [1.82, 2.24) is 20.2 Å². The molecule has 0 bridgehead atoms. The summed E-state index contributed by atoms with van der Waals surface area (Å²) in [5, 5.41) is 6.77. The van der Waals surface area contributed by atoms with Crippen LogP contribution in [0.2, 0.25) is 0 Å². The fourth-order valence-electron chi connectivity index (χ4n) is 2.34. The molecule has 0 spiro atoms. The van der Waals surface area contributed by atoms with Crippen LogP contribution in [0, 0.1) is 6.92 Å². The molecule has 1 aliphatic rings. The van der Waals surface area contributed by atoms with Crippen molar-refractivity contribution >= 4 is 11.3 Å². The number of rotatable bonds is 7. The first-order valence-corrected chi connectivity index (χ1v) is 8.35. The van der Waals surface area contributed by atoms with Gasteiger partial charge in [-0.3, -0.25) is 9.88 Å². The smallest absolute Gasteiger partial charge is 0.0897 e. The van der Waals surface area contributed by atoms with Gasteiger partial charge in [0.25, 0.3) is 0 Å². The molecular formula is C16H22N4S. The van der Waals surface area contributed by atoms with Crippen molar-refractivity contribution < 1.29 is 0 Å². The highest BCUT2D eigenvalue weighted by Crippen LogP contribution is 2.19. The van der Waals surface area contributed by atoms with E-state index in [1.807, 2.05) is 6.92 Å². The lowest BCUT2D eigenvalue weighted by Gasteiger charge is -2.15. The van der Waals surface area contributed by atoms with Crippen LogP contribution in [0.3, 0.4) is 0 Å². The molecule has 5 heteroatoms. The molecule has 0 aliphatic heterocycles. The van der Waals surface area contributed by atoms with E-state index < -0.39 is 0 Å². The van der Waals surface area contributed by atoms with Gasteiger partial charge in [0.2, 0.25) is 0 Å². The normalized spacial score (nSPS) is 14.8. The zero-order chi connectivity index (χ0) is 14.7. The first kappa shape index (κ1) is 14.6. The Morgan fingerprint density at radius 1 is 1.19 bits per heavy atom. The van der Waals surface area contributed by atoms with Gasteiger partial charge in [-0.1, -0.05) is 6.07 Å². The lowest BCUT2D eigenvalue weighted by atomic mass is 10.2. The van der Waals surface area contributed by atoms with E-state index in [0.717, 1.165) is 47.8 Å². The van der Waals surface area contributed by atoms with Gasteiger partial charge < -0.3 is 5.32 Å². The zero-order valence-corrected chi connectivity index (χ0v) is 13.5. The first-order chi connectivity index (χ1) is 10.2. The lowest BCUT2D eigenvalue weighted by Crippen LogP contribution is -2.20. The molecule has 0 amide bonds. The molecule has 1 aliphatic carbocycles. The van der Waals surface area contributed by atoms with E-state index in [-0.39, 0.29) is 0 Å². The van der Waals surface area contributed by atoms with E-state index >= 15 is 0 Å². The molecule has 2 aromatic rings. The van der Waals surface area contributed by atoms with E-state index in [4.69, 9.17) is 4.98 Å². The molecule has 4 nitrogen and oxygen atoms in total. The van der Waals surface area contributed by atoms with Crippen LogP contribution in [0.4, 0.5) is 0 Å². The summed E-state index contributed by atoms with van der Waals surface area (Å²) in [6.07, 6.45) is 2.63. The van der Waals surface area contributed by atoms with Gasteiger partial charge in [-0.05, 0) is 38.9 Å². The Bertz CT molecular complexity index is 591. The average Bonchev–Trinajstić information content (AvgIpc) is 3.20. The van der Waals surface area contributed by atoms with Crippen LogP contribution in [0.1, 0.15) is 34.9 Å².